The first kappa shape index (κ1) is 13.8. The number of hydrogen-bond acceptors (Lipinski definition) is 3. The van der Waals surface area contributed by atoms with E-state index < -0.39 is 5.82 Å². The minimum Gasteiger partial charge on any atom is -0.381 e. The minimum absolute atomic E-state index is 0.112. The normalized spacial score (nSPS) is 27.8. The summed E-state index contributed by atoms with van der Waals surface area (Å²) in [5.41, 5.74) is 0.720. The first-order valence-corrected chi connectivity index (χ1v) is 6.68. The van der Waals surface area contributed by atoms with E-state index in [0.717, 1.165) is 13.0 Å². The van der Waals surface area contributed by atoms with Crippen LogP contribution in [-0.4, -0.2) is 30.6 Å². The number of piperidine rings is 1. The molecule has 0 aromatic heterocycles. The third-order valence-corrected chi connectivity index (χ3v) is 4.08. The second-order valence-electron chi connectivity index (χ2n) is 5.53. The largest absolute Gasteiger partial charge is 0.381 e. The Morgan fingerprint density at radius 2 is 2.16 bits per heavy atom. The molecule has 1 N–H and O–H groups in total. The molecule has 0 amide bonds. The Hall–Kier alpha value is -1.60. The van der Waals surface area contributed by atoms with Crippen LogP contribution in [0.2, 0.25) is 0 Å². The second kappa shape index (κ2) is 5.58. The Labute approximate surface area is 114 Å². The van der Waals surface area contributed by atoms with Crippen molar-refractivity contribution in [1.29, 1.82) is 5.26 Å². The van der Waals surface area contributed by atoms with Gasteiger partial charge in [-0.2, -0.15) is 5.26 Å². The van der Waals surface area contributed by atoms with Crippen LogP contribution in [0.1, 0.15) is 25.8 Å². The van der Waals surface area contributed by atoms with Gasteiger partial charge in [-0.15, -0.1) is 0 Å². The quantitative estimate of drug-likeness (QED) is 0.889. The van der Waals surface area contributed by atoms with Gasteiger partial charge in [-0.1, -0.05) is 13.0 Å². The number of hydrogen-bond donors (Lipinski definition) is 1. The fourth-order valence-corrected chi connectivity index (χ4v) is 2.70. The number of nitrogens with one attached hydrogen (secondary N) is 1. The molecular formula is C15H20FN3. The van der Waals surface area contributed by atoms with Gasteiger partial charge in [0.1, 0.15) is 17.4 Å². The summed E-state index contributed by atoms with van der Waals surface area (Å²) < 4.78 is 13.6. The van der Waals surface area contributed by atoms with E-state index in [1.165, 1.54) is 6.07 Å². The summed E-state index contributed by atoms with van der Waals surface area (Å²) in [4.78, 5) is 2.33. The third kappa shape index (κ3) is 2.87. The van der Waals surface area contributed by atoms with Crippen molar-refractivity contribution in [2.45, 2.75) is 32.4 Å². The predicted molar refractivity (Wildman–Crippen MR) is 74.4 cm³/mol. The Kier molecular flexibility index (Phi) is 4.06. The molecule has 1 fully saturated rings. The van der Waals surface area contributed by atoms with Gasteiger partial charge in [0, 0.05) is 18.6 Å². The van der Waals surface area contributed by atoms with E-state index in [1.54, 1.807) is 12.1 Å². The van der Waals surface area contributed by atoms with Gasteiger partial charge in [-0.3, -0.25) is 0 Å². The summed E-state index contributed by atoms with van der Waals surface area (Å²) in [7, 11) is 2.13. The first-order chi connectivity index (χ1) is 9.02. The minimum atomic E-state index is -0.457. The Bertz CT molecular complexity index is 495. The van der Waals surface area contributed by atoms with Gasteiger partial charge in [0.2, 0.25) is 0 Å². The molecule has 1 aliphatic heterocycles. The first-order valence-electron chi connectivity index (χ1n) is 6.68. The molecule has 102 valence electrons. The van der Waals surface area contributed by atoms with Crippen molar-refractivity contribution in [2.75, 3.05) is 18.9 Å². The van der Waals surface area contributed by atoms with Crippen molar-refractivity contribution in [1.82, 2.24) is 4.90 Å². The second-order valence-corrected chi connectivity index (χ2v) is 5.53. The lowest BCUT2D eigenvalue weighted by Crippen LogP contribution is -2.48. The van der Waals surface area contributed by atoms with E-state index in [0.29, 0.717) is 17.6 Å². The average Bonchev–Trinajstić information content (AvgIpc) is 2.36. The number of halogens is 1. The number of nitriles is 1. The van der Waals surface area contributed by atoms with Crippen molar-refractivity contribution in [3.63, 3.8) is 0 Å². The van der Waals surface area contributed by atoms with Gasteiger partial charge in [0.15, 0.2) is 0 Å². The van der Waals surface area contributed by atoms with Crippen LogP contribution in [0.15, 0.2) is 18.2 Å². The standard InChI is InChI=1S/C15H20FN3/c1-10-9-19(3)11(2)7-15(10)18-14-6-4-5-13(16)12(14)8-17/h4-6,10-11,15,18H,7,9H2,1-3H3. The van der Waals surface area contributed by atoms with Gasteiger partial charge in [-0.05, 0) is 38.4 Å². The summed E-state index contributed by atoms with van der Waals surface area (Å²) in [6.45, 7) is 5.39. The maximum atomic E-state index is 13.6. The molecule has 0 bridgehead atoms. The highest BCUT2D eigenvalue weighted by atomic mass is 19.1. The smallest absolute Gasteiger partial charge is 0.143 e. The summed E-state index contributed by atoms with van der Waals surface area (Å²) >= 11 is 0. The molecule has 0 saturated carbocycles. The fraction of sp³-hybridized carbons (Fsp3) is 0.533. The molecule has 3 unspecified atom stereocenters. The molecule has 19 heavy (non-hydrogen) atoms. The predicted octanol–water partition coefficient (Wildman–Crippen LogP) is 2.84. The SMILES string of the molecule is CC1CN(C)C(C)CC1Nc1cccc(F)c1C#N. The van der Waals surface area contributed by atoms with Crippen LogP contribution in [0.4, 0.5) is 10.1 Å². The van der Waals surface area contributed by atoms with Crippen molar-refractivity contribution in [3.8, 4) is 6.07 Å². The number of benzene rings is 1. The van der Waals surface area contributed by atoms with Crippen molar-refractivity contribution >= 4 is 5.69 Å². The topological polar surface area (TPSA) is 39.1 Å². The Morgan fingerprint density at radius 3 is 2.84 bits per heavy atom. The molecule has 1 saturated heterocycles. The third-order valence-electron chi connectivity index (χ3n) is 4.08. The molecule has 4 heteroatoms. The van der Waals surface area contributed by atoms with Crippen molar-refractivity contribution in [3.05, 3.63) is 29.6 Å². The van der Waals surface area contributed by atoms with Gasteiger partial charge >= 0.3 is 0 Å². The lowest BCUT2D eigenvalue weighted by atomic mass is 9.89. The highest BCUT2D eigenvalue weighted by Crippen LogP contribution is 2.26. The van der Waals surface area contributed by atoms with Gasteiger partial charge < -0.3 is 10.2 Å². The highest BCUT2D eigenvalue weighted by molar-refractivity contribution is 5.58. The Morgan fingerprint density at radius 1 is 1.42 bits per heavy atom. The van der Waals surface area contributed by atoms with Crippen LogP contribution >= 0.6 is 0 Å². The molecule has 3 nitrogen and oxygen atoms in total. The van der Waals surface area contributed by atoms with Crippen molar-refractivity contribution < 1.29 is 4.39 Å². The summed E-state index contributed by atoms with van der Waals surface area (Å²) in [6.07, 6.45) is 0.999. The van der Waals surface area contributed by atoms with Crippen LogP contribution in [-0.2, 0) is 0 Å². The molecule has 3 atom stereocenters. The summed E-state index contributed by atoms with van der Waals surface area (Å²) in [5, 5.41) is 12.4. The van der Waals surface area contributed by atoms with Gasteiger partial charge in [0.05, 0.1) is 5.69 Å². The van der Waals surface area contributed by atoms with Crippen molar-refractivity contribution in [2.24, 2.45) is 5.92 Å². The molecule has 0 aliphatic carbocycles. The molecule has 0 radical (unpaired) electrons. The summed E-state index contributed by atoms with van der Waals surface area (Å²) in [6, 6.07) is 7.45. The van der Waals surface area contributed by atoms with E-state index in [-0.39, 0.29) is 11.6 Å². The van der Waals surface area contributed by atoms with Crippen LogP contribution in [0.25, 0.3) is 0 Å². The zero-order valence-electron chi connectivity index (χ0n) is 11.7. The lowest BCUT2D eigenvalue weighted by Gasteiger charge is -2.40. The number of nitrogens with zero attached hydrogens (tertiary/aromatic N) is 2. The molecule has 1 aliphatic rings. The van der Waals surface area contributed by atoms with Crippen LogP contribution in [0.5, 0.6) is 0 Å². The van der Waals surface area contributed by atoms with E-state index in [2.05, 4.69) is 31.1 Å². The van der Waals surface area contributed by atoms with E-state index in [9.17, 15) is 4.39 Å². The highest BCUT2D eigenvalue weighted by Gasteiger charge is 2.29. The van der Waals surface area contributed by atoms with E-state index in [4.69, 9.17) is 5.26 Å². The molecular weight excluding hydrogens is 241 g/mol. The van der Waals surface area contributed by atoms with E-state index >= 15 is 0 Å². The maximum absolute atomic E-state index is 13.6. The van der Waals surface area contributed by atoms with E-state index in [1.807, 2.05) is 6.07 Å². The lowest BCUT2D eigenvalue weighted by molar-refractivity contribution is 0.145. The van der Waals surface area contributed by atoms with Gasteiger partial charge in [-0.25, -0.2) is 4.39 Å². The van der Waals surface area contributed by atoms with Gasteiger partial charge in [0.25, 0.3) is 0 Å². The monoisotopic (exact) mass is 261 g/mol. The number of likely N-dealkylation sites (tertiary alicyclic amines) is 1. The van der Waals surface area contributed by atoms with Crippen LogP contribution in [0.3, 0.4) is 0 Å². The molecule has 2 rings (SSSR count). The number of rotatable bonds is 2. The van der Waals surface area contributed by atoms with Crippen LogP contribution < -0.4 is 5.32 Å². The summed E-state index contributed by atoms with van der Waals surface area (Å²) in [5.74, 6) is 0.0112. The zero-order valence-corrected chi connectivity index (χ0v) is 11.7. The van der Waals surface area contributed by atoms with Crippen LogP contribution in [0, 0.1) is 23.1 Å². The Balaban J connectivity index is 2.18. The number of anilines is 1. The zero-order chi connectivity index (χ0) is 14.0. The fourth-order valence-electron chi connectivity index (χ4n) is 2.70. The molecule has 1 aromatic rings. The average molecular weight is 261 g/mol. The molecule has 1 heterocycles. The maximum Gasteiger partial charge on any atom is 0.143 e. The molecule has 0 spiro atoms. The molecule has 1 aromatic carbocycles.